The first-order valence-electron chi connectivity index (χ1n) is 9.15. The highest BCUT2D eigenvalue weighted by molar-refractivity contribution is 7.92. The highest BCUT2D eigenvalue weighted by Gasteiger charge is 2.29. The van der Waals surface area contributed by atoms with Crippen molar-refractivity contribution in [2.75, 3.05) is 18.3 Å². The lowest BCUT2D eigenvalue weighted by molar-refractivity contribution is 0.0940. The summed E-state index contributed by atoms with van der Waals surface area (Å²) in [4.78, 5) is 14.8. The van der Waals surface area contributed by atoms with Gasteiger partial charge in [-0.05, 0) is 63.2 Å². The predicted molar refractivity (Wildman–Crippen MR) is 106 cm³/mol. The minimum atomic E-state index is -3.94. The van der Waals surface area contributed by atoms with Gasteiger partial charge in [0.2, 0.25) is 0 Å². The Hall–Kier alpha value is -2.45. The number of carbonyl (C=O) groups is 1. The standard InChI is InChI=1S/C20H24FN3O3S/c1-14(24(2)16-9-10-16)13-22-20(25)18-5-3-4-6-19(18)23-28(26,27)17-11-7-15(21)8-12-17/h3-8,11-12,14,16,23H,9-10,13H2,1-2H3,(H,22,25). The quantitative estimate of drug-likeness (QED) is 0.708. The number of nitrogens with zero attached hydrogens (tertiary/aromatic N) is 1. The molecule has 0 aromatic heterocycles. The monoisotopic (exact) mass is 405 g/mol. The van der Waals surface area contributed by atoms with Crippen LogP contribution in [0.5, 0.6) is 0 Å². The molecule has 1 aliphatic rings. The van der Waals surface area contributed by atoms with Gasteiger partial charge in [-0.1, -0.05) is 12.1 Å². The van der Waals surface area contributed by atoms with Crippen LogP contribution in [-0.4, -0.2) is 44.9 Å². The first-order chi connectivity index (χ1) is 13.3. The van der Waals surface area contributed by atoms with Crippen molar-refractivity contribution in [1.29, 1.82) is 0 Å². The Bertz CT molecular complexity index is 943. The molecule has 0 saturated heterocycles. The van der Waals surface area contributed by atoms with Gasteiger partial charge in [0.25, 0.3) is 15.9 Å². The maximum Gasteiger partial charge on any atom is 0.261 e. The van der Waals surface area contributed by atoms with Gasteiger partial charge in [0.05, 0.1) is 16.1 Å². The Balaban J connectivity index is 1.71. The molecule has 1 unspecified atom stereocenters. The third-order valence-corrected chi connectivity index (χ3v) is 6.30. The molecule has 2 aromatic carbocycles. The fourth-order valence-electron chi connectivity index (χ4n) is 2.91. The second kappa shape index (κ2) is 8.28. The van der Waals surface area contributed by atoms with E-state index in [1.54, 1.807) is 18.2 Å². The molecule has 0 aliphatic heterocycles. The van der Waals surface area contributed by atoms with Gasteiger partial charge < -0.3 is 5.32 Å². The normalized spacial score (nSPS) is 15.3. The van der Waals surface area contributed by atoms with Gasteiger partial charge in [0, 0.05) is 18.6 Å². The maximum absolute atomic E-state index is 13.1. The lowest BCUT2D eigenvalue weighted by Gasteiger charge is -2.24. The average Bonchev–Trinajstić information content (AvgIpc) is 3.51. The van der Waals surface area contributed by atoms with E-state index in [-0.39, 0.29) is 28.1 Å². The average molecular weight is 405 g/mol. The van der Waals surface area contributed by atoms with Gasteiger partial charge in [-0.25, -0.2) is 12.8 Å². The number of benzene rings is 2. The Morgan fingerprint density at radius 3 is 2.46 bits per heavy atom. The van der Waals surface area contributed by atoms with E-state index in [9.17, 15) is 17.6 Å². The number of nitrogens with one attached hydrogen (secondary N) is 2. The minimum Gasteiger partial charge on any atom is -0.350 e. The van der Waals surface area contributed by atoms with Gasteiger partial charge in [-0.15, -0.1) is 0 Å². The summed E-state index contributed by atoms with van der Waals surface area (Å²) < 4.78 is 40.6. The predicted octanol–water partition coefficient (Wildman–Crippen LogP) is 2.84. The van der Waals surface area contributed by atoms with Crippen molar-refractivity contribution in [3.8, 4) is 0 Å². The zero-order valence-corrected chi connectivity index (χ0v) is 16.7. The molecule has 3 rings (SSSR count). The van der Waals surface area contributed by atoms with Crippen LogP contribution in [0.15, 0.2) is 53.4 Å². The molecule has 1 amide bonds. The summed E-state index contributed by atoms with van der Waals surface area (Å²) in [5.41, 5.74) is 0.405. The van der Waals surface area contributed by atoms with E-state index in [0.717, 1.165) is 12.1 Å². The molecule has 0 spiro atoms. The number of hydrogen-bond acceptors (Lipinski definition) is 4. The van der Waals surface area contributed by atoms with Crippen LogP contribution in [0.2, 0.25) is 0 Å². The minimum absolute atomic E-state index is 0.0798. The third-order valence-electron chi connectivity index (χ3n) is 4.92. The van der Waals surface area contributed by atoms with Gasteiger partial charge >= 0.3 is 0 Å². The Kier molecular flexibility index (Phi) is 6.00. The van der Waals surface area contributed by atoms with Crippen LogP contribution >= 0.6 is 0 Å². The number of amides is 1. The van der Waals surface area contributed by atoms with Crippen LogP contribution in [0.3, 0.4) is 0 Å². The molecule has 2 aromatic rings. The van der Waals surface area contributed by atoms with E-state index in [1.807, 2.05) is 14.0 Å². The van der Waals surface area contributed by atoms with Gasteiger partial charge in [-0.2, -0.15) is 0 Å². The fourth-order valence-corrected chi connectivity index (χ4v) is 3.99. The number of likely N-dealkylation sites (N-methyl/N-ethyl adjacent to an activating group) is 1. The topological polar surface area (TPSA) is 78.5 Å². The van der Waals surface area contributed by atoms with Crippen molar-refractivity contribution in [1.82, 2.24) is 10.2 Å². The summed E-state index contributed by atoms with van der Waals surface area (Å²) in [6.45, 7) is 2.51. The molecular weight excluding hydrogens is 381 g/mol. The Morgan fingerprint density at radius 2 is 1.82 bits per heavy atom. The second-order valence-corrected chi connectivity index (χ2v) is 8.74. The van der Waals surface area contributed by atoms with Crippen LogP contribution in [0.1, 0.15) is 30.1 Å². The largest absolute Gasteiger partial charge is 0.350 e. The second-order valence-electron chi connectivity index (χ2n) is 7.06. The van der Waals surface area contributed by atoms with Gasteiger partial charge in [-0.3, -0.25) is 14.4 Å². The molecule has 150 valence electrons. The molecule has 1 saturated carbocycles. The van der Waals surface area contributed by atoms with Crippen LogP contribution in [-0.2, 0) is 10.0 Å². The van der Waals surface area contributed by atoms with Crippen molar-refractivity contribution >= 4 is 21.6 Å². The van der Waals surface area contributed by atoms with Crippen molar-refractivity contribution in [2.45, 2.75) is 36.7 Å². The third kappa shape index (κ3) is 4.88. The number of para-hydroxylation sites is 1. The van der Waals surface area contributed by atoms with Crippen molar-refractivity contribution in [3.05, 3.63) is 59.9 Å². The SMILES string of the molecule is CC(CNC(=O)c1ccccc1NS(=O)(=O)c1ccc(F)cc1)N(C)C1CC1. The molecule has 0 radical (unpaired) electrons. The van der Waals surface area contributed by atoms with Gasteiger partial charge in [0.1, 0.15) is 5.82 Å². The zero-order chi connectivity index (χ0) is 20.3. The van der Waals surface area contributed by atoms with E-state index in [0.29, 0.717) is 12.6 Å². The van der Waals surface area contributed by atoms with Crippen LogP contribution in [0, 0.1) is 5.82 Å². The Morgan fingerprint density at radius 1 is 1.18 bits per heavy atom. The summed E-state index contributed by atoms with van der Waals surface area (Å²) in [7, 11) is -1.90. The molecule has 1 fully saturated rings. The van der Waals surface area contributed by atoms with Crippen LogP contribution < -0.4 is 10.0 Å². The number of sulfonamides is 1. The first kappa shape index (κ1) is 20.3. The summed E-state index contributed by atoms with van der Waals surface area (Å²) >= 11 is 0. The molecule has 28 heavy (non-hydrogen) atoms. The molecule has 0 bridgehead atoms. The lowest BCUT2D eigenvalue weighted by atomic mass is 10.1. The molecule has 6 nitrogen and oxygen atoms in total. The van der Waals surface area contributed by atoms with E-state index in [1.165, 1.54) is 31.0 Å². The number of rotatable bonds is 8. The molecule has 1 atom stereocenters. The van der Waals surface area contributed by atoms with Crippen molar-refractivity contribution < 1.29 is 17.6 Å². The fraction of sp³-hybridized carbons (Fsp3) is 0.350. The molecule has 8 heteroatoms. The highest BCUT2D eigenvalue weighted by Crippen LogP contribution is 2.26. The van der Waals surface area contributed by atoms with E-state index in [4.69, 9.17) is 0 Å². The number of carbonyl (C=O) groups excluding carboxylic acids is 1. The van der Waals surface area contributed by atoms with Crippen LogP contribution in [0.25, 0.3) is 0 Å². The molecule has 2 N–H and O–H groups in total. The van der Waals surface area contributed by atoms with Crippen molar-refractivity contribution in [2.24, 2.45) is 0 Å². The summed E-state index contributed by atoms with van der Waals surface area (Å²) in [5.74, 6) is -0.877. The van der Waals surface area contributed by atoms with Crippen molar-refractivity contribution in [3.63, 3.8) is 0 Å². The van der Waals surface area contributed by atoms with E-state index >= 15 is 0 Å². The summed E-state index contributed by atoms with van der Waals surface area (Å²) in [5, 5.41) is 2.87. The summed E-state index contributed by atoms with van der Waals surface area (Å²) in [6.07, 6.45) is 2.37. The molecular formula is C20H24FN3O3S. The number of halogens is 1. The van der Waals surface area contributed by atoms with Crippen LogP contribution in [0.4, 0.5) is 10.1 Å². The zero-order valence-electron chi connectivity index (χ0n) is 15.9. The number of hydrogen-bond donors (Lipinski definition) is 2. The lowest BCUT2D eigenvalue weighted by Crippen LogP contribution is -2.41. The first-order valence-corrected chi connectivity index (χ1v) is 10.6. The van der Waals surface area contributed by atoms with E-state index < -0.39 is 15.8 Å². The molecule has 0 heterocycles. The van der Waals surface area contributed by atoms with E-state index in [2.05, 4.69) is 14.9 Å². The Labute approximate surface area is 164 Å². The van der Waals surface area contributed by atoms with Gasteiger partial charge in [0.15, 0.2) is 0 Å². The number of anilines is 1. The smallest absolute Gasteiger partial charge is 0.261 e. The molecule has 1 aliphatic carbocycles. The summed E-state index contributed by atoms with van der Waals surface area (Å²) in [6, 6.07) is 11.7. The maximum atomic E-state index is 13.1. The highest BCUT2D eigenvalue weighted by atomic mass is 32.2.